The first-order valence-corrected chi connectivity index (χ1v) is 5.49. The van der Waals surface area contributed by atoms with E-state index in [1.165, 1.54) is 0 Å². The maximum absolute atomic E-state index is 11.3. The molecule has 0 aromatic heterocycles. The maximum Gasteiger partial charge on any atom is 0.407 e. The fraction of sp³-hybridized carbons (Fsp3) is 0.909. The van der Waals surface area contributed by atoms with Crippen LogP contribution in [0.2, 0.25) is 0 Å². The lowest BCUT2D eigenvalue weighted by Crippen LogP contribution is -2.40. The monoisotopic (exact) mass is 217 g/mol. The van der Waals surface area contributed by atoms with Crippen molar-refractivity contribution in [2.75, 3.05) is 6.61 Å². The van der Waals surface area contributed by atoms with Gasteiger partial charge in [-0.3, -0.25) is 0 Å². The van der Waals surface area contributed by atoms with E-state index in [1.807, 2.05) is 20.8 Å². The first kappa shape index (κ1) is 14.2. The van der Waals surface area contributed by atoms with Gasteiger partial charge >= 0.3 is 6.09 Å². The molecule has 0 aromatic rings. The Morgan fingerprint density at radius 1 is 1.47 bits per heavy atom. The van der Waals surface area contributed by atoms with Crippen LogP contribution in [-0.4, -0.2) is 29.4 Å². The summed E-state index contributed by atoms with van der Waals surface area (Å²) in [5.41, 5.74) is -0.491. The molecule has 15 heavy (non-hydrogen) atoms. The number of alkyl carbamates (subject to hydrolysis) is 1. The molecule has 0 saturated heterocycles. The Bertz CT molecular complexity index is 187. The molecule has 1 atom stereocenters. The van der Waals surface area contributed by atoms with E-state index >= 15 is 0 Å². The lowest BCUT2D eigenvalue weighted by atomic mass is 10.1. The van der Waals surface area contributed by atoms with Crippen molar-refractivity contribution in [1.29, 1.82) is 0 Å². The van der Waals surface area contributed by atoms with E-state index in [2.05, 4.69) is 12.2 Å². The number of rotatable bonds is 5. The van der Waals surface area contributed by atoms with Gasteiger partial charge in [0, 0.05) is 0 Å². The van der Waals surface area contributed by atoms with Crippen LogP contribution in [0.25, 0.3) is 0 Å². The van der Waals surface area contributed by atoms with Gasteiger partial charge in [-0.15, -0.1) is 0 Å². The molecule has 0 aromatic carbocycles. The molecule has 4 heteroatoms. The molecule has 2 N–H and O–H groups in total. The minimum Gasteiger partial charge on any atom is -0.444 e. The fourth-order valence-electron chi connectivity index (χ4n) is 1.13. The molecule has 0 fully saturated rings. The van der Waals surface area contributed by atoms with Gasteiger partial charge in [0.15, 0.2) is 0 Å². The third-order valence-electron chi connectivity index (χ3n) is 1.85. The molecular formula is C11H23NO3. The predicted molar refractivity (Wildman–Crippen MR) is 59.8 cm³/mol. The summed E-state index contributed by atoms with van der Waals surface area (Å²) in [6.45, 7) is 7.47. The predicted octanol–water partition coefficient (Wildman–Crippen LogP) is 2.06. The normalized spacial score (nSPS) is 13.4. The van der Waals surface area contributed by atoms with Crippen LogP contribution in [0.5, 0.6) is 0 Å². The number of carbonyl (C=O) groups is 1. The van der Waals surface area contributed by atoms with E-state index in [9.17, 15) is 4.79 Å². The Hall–Kier alpha value is -0.770. The molecule has 0 aliphatic rings. The first-order chi connectivity index (χ1) is 6.89. The molecule has 0 radical (unpaired) electrons. The molecule has 0 bridgehead atoms. The Labute approximate surface area is 92.0 Å². The standard InChI is InChI=1S/C11H23NO3/c1-5-6-7-9(8-13)12-10(14)15-11(2,3)4/h9,13H,5-8H2,1-4H3,(H,12,14)/t9-/m0/s1. The highest BCUT2D eigenvalue weighted by Gasteiger charge is 2.18. The Kier molecular flexibility index (Phi) is 6.32. The number of carbonyl (C=O) groups excluding carboxylic acids is 1. The highest BCUT2D eigenvalue weighted by atomic mass is 16.6. The van der Waals surface area contributed by atoms with Crippen LogP contribution in [-0.2, 0) is 4.74 Å². The number of ether oxygens (including phenoxy) is 1. The largest absolute Gasteiger partial charge is 0.444 e. The summed E-state index contributed by atoms with van der Waals surface area (Å²) in [4.78, 5) is 11.3. The van der Waals surface area contributed by atoms with Gasteiger partial charge in [0.25, 0.3) is 0 Å². The average Bonchev–Trinajstić information content (AvgIpc) is 2.09. The minimum atomic E-state index is -0.491. The highest BCUT2D eigenvalue weighted by Crippen LogP contribution is 2.07. The van der Waals surface area contributed by atoms with Crippen LogP contribution in [0.15, 0.2) is 0 Å². The smallest absolute Gasteiger partial charge is 0.407 e. The molecule has 0 aliphatic carbocycles. The van der Waals surface area contributed by atoms with Gasteiger partial charge in [-0.2, -0.15) is 0 Å². The van der Waals surface area contributed by atoms with Crippen LogP contribution in [0.4, 0.5) is 4.79 Å². The van der Waals surface area contributed by atoms with Gasteiger partial charge < -0.3 is 15.2 Å². The van der Waals surface area contributed by atoms with Gasteiger partial charge in [0.1, 0.15) is 5.60 Å². The van der Waals surface area contributed by atoms with E-state index in [-0.39, 0.29) is 12.6 Å². The van der Waals surface area contributed by atoms with Crippen molar-refractivity contribution in [3.63, 3.8) is 0 Å². The fourth-order valence-corrected chi connectivity index (χ4v) is 1.13. The van der Waals surface area contributed by atoms with Crippen molar-refractivity contribution >= 4 is 6.09 Å². The summed E-state index contributed by atoms with van der Waals surface area (Å²) in [5.74, 6) is 0. The van der Waals surface area contributed by atoms with Gasteiger partial charge in [-0.1, -0.05) is 19.8 Å². The molecule has 0 rings (SSSR count). The summed E-state index contributed by atoms with van der Waals surface area (Å²) >= 11 is 0. The zero-order valence-electron chi connectivity index (χ0n) is 10.2. The Morgan fingerprint density at radius 2 is 2.07 bits per heavy atom. The van der Waals surface area contributed by atoms with Crippen molar-refractivity contribution in [1.82, 2.24) is 5.32 Å². The molecule has 0 unspecified atom stereocenters. The van der Waals surface area contributed by atoms with Crippen molar-refractivity contribution in [2.24, 2.45) is 0 Å². The van der Waals surface area contributed by atoms with Crippen LogP contribution < -0.4 is 5.32 Å². The average molecular weight is 217 g/mol. The molecule has 1 amide bonds. The van der Waals surface area contributed by atoms with E-state index in [0.29, 0.717) is 0 Å². The Morgan fingerprint density at radius 3 is 2.47 bits per heavy atom. The van der Waals surface area contributed by atoms with Crippen LogP contribution >= 0.6 is 0 Å². The van der Waals surface area contributed by atoms with Crippen LogP contribution in [0, 0.1) is 0 Å². The SMILES string of the molecule is CCCC[C@@H](CO)NC(=O)OC(C)(C)C. The van der Waals surface area contributed by atoms with E-state index in [4.69, 9.17) is 9.84 Å². The number of hydrogen-bond donors (Lipinski definition) is 2. The van der Waals surface area contributed by atoms with Gasteiger partial charge in [0.2, 0.25) is 0 Å². The lowest BCUT2D eigenvalue weighted by Gasteiger charge is -2.22. The molecule has 0 heterocycles. The summed E-state index contributed by atoms with van der Waals surface area (Å²) in [6.07, 6.45) is 2.36. The summed E-state index contributed by atoms with van der Waals surface area (Å²) in [5, 5.41) is 11.7. The van der Waals surface area contributed by atoms with Gasteiger partial charge in [0.05, 0.1) is 12.6 Å². The van der Waals surface area contributed by atoms with Crippen molar-refractivity contribution in [2.45, 2.75) is 58.6 Å². The number of aliphatic hydroxyl groups excluding tert-OH is 1. The molecule has 0 saturated carbocycles. The summed E-state index contributed by atoms with van der Waals surface area (Å²) in [7, 11) is 0. The lowest BCUT2D eigenvalue weighted by molar-refractivity contribution is 0.0478. The maximum atomic E-state index is 11.3. The number of nitrogens with one attached hydrogen (secondary N) is 1. The molecule has 0 aliphatic heterocycles. The number of hydrogen-bond acceptors (Lipinski definition) is 3. The van der Waals surface area contributed by atoms with E-state index in [1.54, 1.807) is 0 Å². The second kappa shape index (κ2) is 6.67. The Balaban J connectivity index is 3.91. The highest BCUT2D eigenvalue weighted by molar-refractivity contribution is 5.68. The van der Waals surface area contributed by atoms with E-state index in [0.717, 1.165) is 19.3 Å². The third kappa shape index (κ3) is 8.24. The van der Waals surface area contributed by atoms with Gasteiger partial charge in [-0.05, 0) is 27.2 Å². The summed E-state index contributed by atoms with van der Waals surface area (Å²) < 4.78 is 5.09. The molecule has 4 nitrogen and oxygen atoms in total. The quantitative estimate of drug-likeness (QED) is 0.741. The molecule has 0 spiro atoms. The number of aliphatic hydroxyl groups is 1. The van der Waals surface area contributed by atoms with Crippen LogP contribution in [0.3, 0.4) is 0 Å². The molecule has 90 valence electrons. The van der Waals surface area contributed by atoms with Crippen molar-refractivity contribution < 1.29 is 14.6 Å². The number of unbranched alkanes of at least 4 members (excludes halogenated alkanes) is 1. The van der Waals surface area contributed by atoms with Crippen molar-refractivity contribution in [3.8, 4) is 0 Å². The summed E-state index contributed by atoms with van der Waals surface area (Å²) in [6, 6.07) is -0.195. The number of amides is 1. The van der Waals surface area contributed by atoms with Crippen molar-refractivity contribution in [3.05, 3.63) is 0 Å². The minimum absolute atomic E-state index is 0.0424. The zero-order valence-corrected chi connectivity index (χ0v) is 10.2. The zero-order chi connectivity index (χ0) is 11.9. The topological polar surface area (TPSA) is 58.6 Å². The second-order valence-corrected chi connectivity index (χ2v) is 4.67. The molecular weight excluding hydrogens is 194 g/mol. The first-order valence-electron chi connectivity index (χ1n) is 5.49. The van der Waals surface area contributed by atoms with E-state index < -0.39 is 11.7 Å². The van der Waals surface area contributed by atoms with Crippen LogP contribution in [0.1, 0.15) is 47.0 Å². The second-order valence-electron chi connectivity index (χ2n) is 4.67. The van der Waals surface area contributed by atoms with Gasteiger partial charge in [-0.25, -0.2) is 4.79 Å². The third-order valence-corrected chi connectivity index (χ3v) is 1.85.